The van der Waals surface area contributed by atoms with E-state index in [9.17, 15) is 13.2 Å². The molecular weight excluding hydrogens is 519 g/mol. The highest BCUT2D eigenvalue weighted by atomic mass is 32.2. The van der Waals surface area contributed by atoms with E-state index in [0.29, 0.717) is 21.4 Å². The summed E-state index contributed by atoms with van der Waals surface area (Å²) in [5.74, 6) is 0.305. The van der Waals surface area contributed by atoms with Crippen molar-refractivity contribution in [1.29, 1.82) is 0 Å². The number of pyridine rings is 2. The van der Waals surface area contributed by atoms with Gasteiger partial charge in [0.15, 0.2) is 5.13 Å². The summed E-state index contributed by atoms with van der Waals surface area (Å²) in [6.45, 7) is 0.869. The van der Waals surface area contributed by atoms with Crippen LogP contribution >= 0.6 is 23.3 Å². The molecule has 0 atom stereocenters. The van der Waals surface area contributed by atoms with E-state index < -0.39 is 12.2 Å². The van der Waals surface area contributed by atoms with E-state index in [1.807, 2.05) is 36.4 Å². The Morgan fingerprint density at radius 1 is 0.838 bits per heavy atom. The van der Waals surface area contributed by atoms with Crippen molar-refractivity contribution in [2.45, 2.75) is 43.5 Å². The van der Waals surface area contributed by atoms with Crippen LogP contribution in [0.15, 0.2) is 65.7 Å². The molecule has 1 aliphatic rings. The molecule has 0 aliphatic carbocycles. The number of nitrogens with one attached hydrogen (secondary N) is 2. The number of aromatic nitrogens is 3. The van der Waals surface area contributed by atoms with Gasteiger partial charge < -0.3 is 14.8 Å². The minimum absolute atomic E-state index is 0.362. The quantitative estimate of drug-likeness (QED) is 0.250. The SMILES string of the molecule is FC(F)(F)Oc1cccc(-c2sc3nc2-c2ccccc2CCCCCCNc2cccc(n2)SN3)n1. The minimum atomic E-state index is -4.82. The van der Waals surface area contributed by atoms with Crippen molar-refractivity contribution < 1.29 is 17.9 Å². The summed E-state index contributed by atoms with van der Waals surface area (Å²) < 4.78 is 45.9. The number of rotatable bonds is 2. The Kier molecular flexibility index (Phi) is 7.80. The molecule has 6 nitrogen and oxygen atoms in total. The molecule has 0 saturated heterocycles. The number of alkyl halides is 3. The summed E-state index contributed by atoms with van der Waals surface area (Å²) in [5, 5.41) is 4.75. The van der Waals surface area contributed by atoms with E-state index in [4.69, 9.17) is 4.98 Å². The molecule has 0 amide bonds. The number of aryl methyl sites for hydroxylation is 1. The van der Waals surface area contributed by atoms with Gasteiger partial charge in [-0.3, -0.25) is 0 Å². The Bertz CT molecular complexity index is 1360. The molecule has 0 unspecified atom stereocenters. The largest absolute Gasteiger partial charge is 0.574 e. The Morgan fingerprint density at radius 2 is 1.68 bits per heavy atom. The van der Waals surface area contributed by atoms with E-state index in [2.05, 4.69) is 30.8 Å². The lowest BCUT2D eigenvalue weighted by atomic mass is 9.98. The van der Waals surface area contributed by atoms with Gasteiger partial charge in [0.05, 0.1) is 16.3 Å². The summed E-state index contributed by atoms with van der Waals surface area (Å²) >= 11 is 2.65. The van der Waals surface area contributed by atoms with Crippen molar-refractivity contribution in [1.82, 2.24) is 15.0 Å². The molecule has 4 bridgehead atoms. The first-order chi connectivity index (χ1) is 17.9. The smallest absolute Gasteiger partial charge is 0.388 e. The van der Waals surface area contributed by atoms with Crippen LogP contribution in [0.4, 0.5) is 24.1 Å². The zero-order valence-corrected chi connectivity index (χ0v) is 21.3. The van der Waals surface area contributed by atoms with E-state index in [0.717, 1.165) is 60.6 Å². The molecule has 5 rings (SSSR count). The van der Waals surface area contributed by atoms with Gasteiger partial charge in [-0.15, -0.1) is 13.2 Å². The maximum absolute atomic E-state index is 12.8. The average Bonchev–Trinajstić information content (AvgIpc) is 3.30. The van der Waals surface area contributed by atoms with Crippen LogP contribution in [0.3, 0.4) is 0 Å². The van der Waals surface area contributed by atoms with Crippen LogP contribution in [-0.4, -0.2) is 27.9 Å². The lowest BCUT2D eigenvalue weighted by molar-refractivity contribution is -0.276. The molecule has 0 radical (unpaired) electrons. The predicted molar refractivity (Wildman–Crippen MR) is 142 cm³/mol. The number of halogens is 3. The van der Waals surface area contributed by atoms with Gasteiger partial charge in [-0.2, -0.15) is 0 Å². The van der Waals surface area contributed by atoms with Gasteiger partial charge in [-0.05, 0) is 43.0 Å². The van der Waals surface area contributed by atoms with Gasteiger partial charge in [0.2, 0.25) is 5.88 Å². The maximum Gasteiger partial charge on any atom is 0.574 e. The molecule has 0 spiro atoms. The Balaban J connectivity index is 1.55. The third-order valence-corrected chi connectivity index (χ3v) is 7.58. The molecule has 1 aromatic carbocycles. The summed E-state index contributed by atoms with van der Waals surface area (Å²) in [6, 6.07) is 18.2. The fourth-order valence-electron chi connectivity index (χ4n) is 4.08. The van der Waals surface area contributed by atoms with Gasteiger partial charge in [0.25, 0.3) is 0 Å². The topological polar surface area (TPSA) is 72.0 Å². The number of benzene rings is 1. The second kappa shape index (κ2) is 11.4. The van der Waals surface area contributed by atoms with Gasteiger partial charge in [-0.1, -0.05) is 60.6 Å². The molecule has 37 heavy (non-hydrogen) atoms. The summed E-state index contributed by atoms with van der Waals surface area (Å²) in [5.41, 5.74) is 3.13. The van der Waals surface area contributed by atoms with E-state index >= 15 is 0 Å². The molecule has 3 aromatic heterocycles. The van der Waals surface area contributed by atoms with Crippen LogP contribution in [0, 0.1) is 0 Å². The van der Waals surface area contributed by atoms with Crippen LogP contribution in [0.2, 0.25) is 0 Å². The number of hydrogen-bond donors (Lipinski definition) is 2. The van der Waals surface area contributed by atoms with Crippen molar-refractivity contribution in [3.05, 3.63) is 66.2 Å². The molecule has 192 valence electrons. The lowest BCUT2D eigenvalue weighted by Gasteiger charge is -2.11. The first-order valence-corrected chi connectivity index (χ1v) is 13.5. The number of nitrogens with zero attached hydrogens (tertiary/aromatic N) is 3. The fourth-order valence-corrected chi connectivity index (χ4v) is 5.70. The summed E-state index contributed by atoms with van der Waals surface area (Å²) in [6.07, 6.45) is 0.336. The van der Waals surface area contributed by atoms with Crippen LogP contribution in [0.25, 0.3) is 21.8 Å². The van der Waals surface area contributed by atoms with Gasteiger partial charge in [0, 0.05) is 30.1 Å². The Morgan fingerprint density at radius 3 is 2.57 bits per heavy atom. The van der Waals surface area contributed by atoms with Gasteiger partial charge >= 0.3 is 6.36 Å². The van der Waals surface area contributed by atoms with E-state index in [1.165, 1.54) is 35.4 Å². The maximum atomic E-state index is 12.8. The minimum Gasteiger partial charge on any atom is -0.388 e. The van der Waals surface area contributed by atoms with Crippen LogP contribution in [-0.2, 0) is 6.42 Å². The third-order valence-electron chi connectivity index (χ3n) is 5.72. The molecule has 1 aliphatic heterocycles. The van der Waals surface area contributed by atoms with Crippen molar-refractivity contribution in [2.24, 2.45) is 0 Å². The summed E-state index contributed by atoms with van der Waals surface area (Å²) in [4.78, 5) is 14.3. The molecule has 4 aromatic rings. The van der Waals surface area contributed by atoms with E-state index in [1.54, 1.807) is 6.07 Å². The number of ether oxygens (including phenoxy) is 1. The van der Waals surface area contributed by atoms with Crippen LogP contribution in [0.1, 0.15) is 31.2 Å². The molecule has 0 fully saturated rings. The number of fused-ring (bicyclic) bond motifs is 6. The van der Waals surface area contributed by atoms with Crippen molar-refractivity contribution in [3.63, 3.8) is 0 Å². The number of thiazole rings is 1. The zero-order chi connectivity index (χ0) is 25.7. The Hall–Kier alpha value is -3.31. The van der Waals surface area contributed by atoms with Gasteiger partial charge in [-0.25, -0.2) is 15.0 Å². The highest BCUT2D eigenvalue weighted by molar-refractivity contribution is 8.00. The monoisotopic (exact) mass is 543 g/mol. The molecule has 2 N–H and O–H groups in total. The second-order valence-electron chi connectivity index (χ2n) is 8.42. The normalized spacial score (nSPS) is 14.6. The zero-order valence-electron chi connectivity index (χ0n) is 19.7. The first kappa shape index (κ1) is 25.3. The van der Waals surface area contributed by atoms with Crippen LogP contribution < -0.4 is 14.8 Å². The highest BCUT2D eigenvalue weighted by Gasteiger charge is 2.32. The fraction of sp³-hybridized carbons (Fsp3) is 0.269. The van der Waals surface area contributed by atoms with E-state index in [-0.39, 0.29) is 0 Å². The van der Waals surface area contributed by atoms with Crippen molar-refractivity contribution in [3.8, 4) is 27.7 Å². The number of hydrogen-bond acceptors (Lipinski definition) is 8. The third kappa shape index (κ3) is 6.72. The average molecular weight is 544 g/mol. The highest BCUT2D eigenvalue weighted by Crippen LogP contribution is 2.41. The predicted octanol–water partition coefficient (Wildman–Crippen LogP) is 7.81. The first-order valence-electron chi connectivity index (χ1n) is 11.9. The molecule has 0 saturated carbocycles. The van der Waals surface area contributed by atoms with Crippen molar-refractivity contribution in [2.75, 3.05) is 16.6 Å². The molecule has 11 heteroatoms. The Labute approximate surface area is 220 Å². The standard InChI is InChI=1S/C26H24F3N5OS2/c27-26(28,29)35-21-14-7-12-19(31-21)24-23-18-11-5-4-10-17(18)9-3-1-2-6-16-30-20-13-8-15-22(32-20)37-34-25(33-23)36-24/h4-5,7-8,10-15H,1-3,6,9,16H2,(H,30,32)(H,33,34). The second-order valence-corrected chi connectivity index (χ2v) is 10.2. The van der Waals surface area contributed by atoms with Crippen LogP contribution in [0.5, 0.6) is 5.88 Å². The van der Waals surface area contributed by atoms with Gasteiger partial charge in [0.1, 0.15) is 10.8 Å². The molecule has 4 heterocycles. The summed E-state index contributed by atoms with van der Waals surface area (Å²) in [7, 11) is 0. The van der Waals surface area contributed by atoms with Crippen molar-refractivity contribution >= 4 is 34.2 Å². The molecular formula is C26H24F3N5OS2. The number of anilines is 2. The lowest BCUT2D eigenvalue weighted by Crippen LogP contribution is -2.17.